The molecule has 0 unspecified atom stereocenters. The molecular formula is C20H21F3N4OS. The van der Waals surface area contributed by atoms with Crippen molar-refractivity contribution < 1.29 is 17.9 Å². The lowest BCUT2D eigenvalue weighted by molar-refractivity contribution is -0.136. The fraction of sp³-hybridized carbons (Fsp3) is 0.250. The van der Waals surface area contributed by atoms with E-state index in [1.54, 1.807) is 0 Å². The molecule has 1 aliphatic heterocycles. The molecule has 3 N–H and O–H groups in total. The molecule has 0 aliphatic carbocycles. The van der Waals surface area contributed by atoms with Crippen LogP contribution in [0.25, 0.3) is 5.70 Å². The molecule has 5 nitrogen and oxygen atoms in total. The van der Waals surface area contributed by atoms with Gasteiger partial charge in [0.15, 0.2) is 5.11 Å². The van der Waals surface area contributed by atoms with Crippen molar-refractivity contribution in [3.8, 4) is 0 Å². The molecule has 3 rings (SSSR count). The van der Waals surface area contributed by atoms with E-state index < -0.39 is 11.7 Å². The molecule has 0 aromatic heterocycles. The third-order valence-corrected chi connectivity index (χ3v) is 4.60. The van der Waals surface area contributed by atoms with E-state index in [-0.39, 0.29) is 10.8 Å². The molecule has 9 heteroatoms. The molecule has 0 radical (unpaired) electrons. The zero-order valence-corrected chi connectivity index (χ0v) is 16.4. The Bertz CT molecular complexity index is 865. The second-order valence-corrected chi connectivity index (χ2v) is 6.78. The van der Waals surface area contributed by atoms with Crippen LogP contribution >= 0.6 is 12.2 Å². The minimum atomic E-state index is -4.47. The Morgan fingerprint density at radius 3 is 2.31 bits per heavy atom. The number of hydrazine groups is 1. The Morgan fingerprint density at radius 2 is 1.66 bits per heavy atom. The van der Waals surface area contributed by atoms with Gasteiger partial charge in [-0.25, -0.2) is 0 Å². The van der Waals surface area contributed by atoms with Gasteiger partial charge >= 0.3 is 6.18 Å². The van der Waals surface area contributed by atoms with Gasteiger partial charge in [0.05, 0.1) is 30.2 Å². The number of alkyl halides is 3. The zero-order valence-electron chi connectivity index (χ0n) is 15.6. The average molecular weight is 422 g/mol. The normalized spacial score (nSPS) is 14.2. The summed E-state index contributed by atoms with van der Waals surface area (Å²) >= 11 is 5.08. The molecule has 154 valence electrons. The number of benzene rings is 2. The summed E-state index contributed by atoms with van der Waals surface area (Å²) in [5.41, 5.74) is 7.02. The van der Waals surface area contributed by atoms with Gasteiger partial charge in [-0.1, -0.05) is 30.8 Å². The smallest absolute Gasteiger partial charge is 0.378 e. The molecule has 1 saturated heterocycles. The lowest BCUT2D eigenvalue weighted by atomic mass is 10.1. The molecule has 2 aromatic carbocycles. The van der Waals surface area contributed by atoms with Crippen LogP contribution in [-0.2, 0) is 10.9 Å². The highest BCUT2D eigenvalue weighted by molar-refractivity contribution is 7.80. The van der Waals surface area contributed by atoms with Crippen LogP contribution in [0.2, 0.25) is 0 Å². The van der Waals surface area contributed by atoms with E-state index in [0.717, 1.165) is 30.4 Å². The van der Waals surface area contributed by atoms with E-state index in [0.29, 0.717) is 18.9 Å². The fourth-order valence-electron chi connectivity index (χ4n) is 2.89. The number of hydrogen-bond acceptors (Lipinski definition) is 4. The van der Waals surface area contributed by atoms with Crippen molar-refractivity contribution in [2.24, 2.45) is 0 Å². The highest BCUT2D eigenvalue weighted by Gasteiger charge is 2.33. The quantitative estimate of drug-likeness (QED) is 0.500. The summed E-state index contributed by atoms with van der Waals surface area (Å²) in [6.07, 6.45) is -4.47. The van der Waals surface area contributed by atoms with E-state index in [1.807, 2.05) is 24.3 Å². The van der Waals surface area contributed by atoms with Crippen LogP contribution in [0.1, 0.15) is 11.1 Å². The van der Waals surface area contributed by atoms with Crippen LogP contribution in [-0.4, -0.2) is 31.4 Å². The average Bonchev–Trinajstić information content (AvgIpc) is 2.72. The van der Waals surface area contributed by atoms with Crippen molar-refractivity contribution in [3.05, 3.63) is 66.2 Å². The lowest BCUT2D eigenvalue weighted by Gasteiger charge is -2.29. The summed E-state index contributed by atoms with van der Waals surface area (Å²) < 4.78 is 44.5. The fourth-order valence-corrected chi connectivity index (χ4v) is 3.05. The van der Waals surface area contributed by atoms with Gasteiger partial charge in [0, 0.05) is 18.8 Å². The van der Waals surface area contributed by atoms with Crippen LogP contribution in [0.15, 0.2) is 55.1 Å². The molecule has 29 heavy (non-hydrogen) atoms. The number of nitrogens with one attached hydrogen (secondary N) is 3. The van der Waals surface area contributed by atoms with Crippen molar-refractivity contribution >= 4 is 34.4 Å². The van der Waals surface area contributed by atoms with Gasteiger partial charge in [0.1, 0.15) is 0 Å². The topological polar surface area (TPSA) is 48.6 Å². The molecule has 1 fully saturated rings. The predicted molar refractivity (Wildman–Crippen MR) is 112 cm³/mol. The molecule has 0 bridgehead atoms. The van der Waals surface area contributed by atoms with Gasteiger partial charge in [-0.3, -0.25) is 10.9 Å². The van der Waals surface area contributed by atoms with Gasteiger partial charge in [-0.15, -0.1) is 0 Å². The Hall–Kier alpha value is -2.78. The minimum Gasteiger partial charge on any atom is -0.378 e. The van der Waals surface area contributed by atoms with E-state index in [2.05, 4.69) is 27.6 Å². The Balaban J connectivity index is 1.55. The second kappa shape index (κ2) is 9.15. The highest BCUT2D eigenvalue weighted by Crippen LogP contribution is 2.34. The molecule has 0 spiro atoms. The molecule has 0 saturated carbocycles. The van der Waals surface area contributed by atoms with Crippen molar-refractivity contribution in [1.82, 2.24) is 10.9 Å². The first-order valence-corrected chi connectivity index (χ1v) is 9.37. The standard InChI is InChI=1S/C20H21F3N4OS/c1-14(15-6-8-16(9-7-15)27-10-12-28-13-11-27)25-26-19(29)24-18-5-3-2-4-17(18)20(21,22)23/h2-9,25H,1,10-13H2,(H2,24,26,29). The number of ether oxygens (including phenoxy) is 1. The summed E-state index contributed by atoms with van der Waals surface area (Å²) in [5.74, 6) is 0. The van der Waals surface area contributed by atoms with Crippen LogP contribution < -0.4 is 21.1 Å². The third kappa shape index (κ3) is 5.61. The Kier molecular flexibility index (Phi) is 6.60. The van der Waals surface area contributed by atoms with Crippen LogP contribution in [0.4, 0.5) is 24.5 Å². The largest absolute Gasteiger partial charge is 0.418 e. The lowest BCUT2D eigenvalue weighted by Crippen LogP contribution is -2.39. The molecule has 0 atom stereocenters. The SMILES string of the molecule is C=C(NNC(=S)Nc1ccccc1C(F)(F)F)c1ccc(N2CCOCC2)cc1. The number of hydrogen-bond donors (Lipinski definition) is 3. The van der Waals surface area contributed by atoms with Gasteiger partial charge in [-0.2, -0.15) is 13.2 Å². The number of halogens is 3. The summed E-state index contributed by atoms with van der Waals surface area (Å²) in [5, 5.41) is 2.55. The Morgan fingerprint density at radius 1 is 1.00 bits per heavy atom. The maximum absolute atomic E-state index is 13.1. The highest BCUT2D eigenvalue weighted by atomic mass is 32.1. The van der Waals surface area contributed by atoms with Gasteiger partial charge < -0.3 is 15.0 Å². The molecule has 2 aromatic rings. The number of morpholine rings is 1. The molecule has 1 aliphatic rings. The summed E-state index contributed by atoms with van der Waals surface area (Å²) in [6, 6.07) is 12.9. The van der Waals surface area contributed by atoms with E-state index in [9.17, 15) is 13.2 Å². The van der Waals surface area contributed by atoms with Crippen LogP contribution in [0.5, 0.6) is 0 Å². The number of thiocarbonyl (C=S) groups is 1. The zero-order chi connectivity index (χ0) is 20.9. The van der Waals surface area contributed by atoms with Gasteiger partial charge in [-0.05, 0) is 42.0 Å². The predicted octanol–water partition coefficient (Wildman–Crippen LogP) is 4.00. The van der Waals surface area contributed by atoms with Crippen molar-refractivity contribution in [2.45, 2.75) is 6.18 Å². The second-order valence-electron chi connectivity index (χ2n) is 6.37. The molecule has 1 heterocycles. The van der Waals surface area contributed by atoms with E-state index >= 15 is 0 Å². The third-order valence-electron chi connectivity index (χ3n) is 4.40. The number of rotatable bonds is 5. The number of nitrogens with zero attached hydrogens (tertiary/aromatic N) is 1. The van der Waals surface area contributed by atoms with Crippen molar-refractivity contribution in [2.75, 3.05) is 36.5 Å². The molecule has 0 amide bonds. The summed E-state index contributed by atoms with van der Waals surface area (Å²) in [4.78, 5) is 2.23. The first-order chi connectivity index (χ1) is 13.8. The van der Waals surface area contributed by atoms with E-state index in [1.165, 1.54) is 18.2 Å². The van der Waals surface area contributed by atoms with Gasteiger partial charge in [0.25, 0.3) is 0 Å². The Labute approximate surface area is 172 Å². The number of para-hydroxylation sites is 1. The molecular weight excluding hydrogens is 401 g/mol. The van der Waals surface area contributed by atoms with Crippen LogP contribution in [0.3, 0.4) is 0 Å². The first-order valence-electron chi connectivity index (χ1n) is 8.96. The van der Waals surface area contributed by atoms with Crippen molar-refractivity contribution in [3.63, 3.8) is 0 Å². The summed E-state index contributed by atoms with van der Waals surface area (Å²) in [6.45, 7) is 7.04. The monoisotopic (exact) mass is 422 g/mol. The van der Waals surface area contributed by atoms with Crippen molar-refractivity contribution in [1.29, 1.82) is 0 Å². The van der Waals surface area contributed by atoms with E-state index in [4.69, 9.17) is 17.0 Å². The maximum Gasteiger partial charge on any atom is 0.418 e. The first kappa shape index (κ1) is 20.9. The number of anilines is 2. The summed E-state index contributed by atoms with van der Waals surface area (Å²) in [7, 11) is 0. The maximum atomic E-state index is 13.1. The minimum absolute atomic E-state index is 0.00668. The van der Waals surface area contributed by atoms with Gasteiger partial charge in [0.2, 0.25) is 0 Å². The van der Waals surface area contributed by atoms with Crippen LogP contribution in [0, 0.1) is 0 Å².